The fraction of sp³-hybridized carbons (Fsp3) is 0.167. The normalized spacial score (nSPS) is 17.6. The number of aromatic hydroxyl groups is 2. The van der Waals surface area contributed by atoms with Crippen LogP contribution in [0.15, 0.2) is 30.4 Å². The van der Waals surface area contributed by atoms with Gasteiger partial charge in [-0.15, -0.1) is 0 Å². The zero-order valence-electron chi connectivity index (χ0n) is 9.20. The summed E-state index contributed by atoms with van der Waals surface area (Å²) in [5.74, 6) is -1.77. The quantitative estimate of drug-likeness (QED) is 0.768. The molecule has 0 spiro atoms. The fourth-order valence-corrected chi connectivity index (χ4v) is 1.43. The SMILES string of the molecule is O=C1C=CC(COC(=O)c2ccc(O)cc2O)O1. The molecule has 6 nitrogen and oxygen atoms in total. The molecule has 1 atom stereocenters. The maximum Gasteiger partial charge on any atom is 0.342 e. The Balaban J connectivity index is 1.95. The third-order valence-corrected chi connectivity index (χ3v) is 2.29. The highest BCUT2D eigenvalue weighted by Gasteiger charge is 2.20. The van der Waals surface area contributed by atoms with Gasteiger partial charge in [0.05, 0.1) is 0 Å². The highest BCUT2D eigenvalue weighted by molar-refractivity contribution is 5.92. The minimum Gasteiger partial charge on any atom is -0.508 e. The predicted octanol–water partition coefficient (Wildman–Crippen LogP) is 0.736. The van der Waals surface area contributed by atoms with E-state index in [2.05, 4.69) is 0 Å². The first kappa shape index (κ1) is 12.0. The van der Waals surface area contributed by atoms with Gasteiger partial charge in [0, 0.05) is 12.1 Å². The van der Waals surface area contributed by atoms with E-state index in [1.165, 1.54) is 24.3 Å². The van der Waals surface area contributed by atoms with Crippen molar-refractivity contribution in [3.05, 3.63) is 35.9 Å². The van der Waals surface area contributed by atoms with Crippen LogP contribution in [-0.4, -0.2) is 34.9 Å². The highest BCUT2D eigenvalue weighted by atomic mass is 16.6. The van der Waals surface area contributed by atoms with E-state index in [4.69, 9.17) is 14.6 Å². The smallest absolute Gasteiger partial charge is 0.342 e. The zero-order valence-corrected chi connectivity index (χ0v) is 9.20. The van der Waals surface area contributed by atoms with Crippen LogP contribution in [-0.2, 0) is 14.3 Å². The van der Waals surface area contributed by atoms with Gasteiger partial charge in [0.1, 0.15) is 23.7 Å². The van der Waals surface area contributed by atoms with Gasteiger partial charge in [0.2, 0.25) is 0 Å². The highest BCUT2D eigenvalue weighted by Crippen LogP contribution is 2.23. The summed E-state index contributed by atoms with van der Waals surface area (Å²) < 4.78 is 9.64. The molecule has 0 saturated heterocycles. The molecular weight excluding hydrogens is 240 g/mol. The van der Waals surface area contributed by atoms with Crippen molar-refractivity contribution in [1.82, 2.24) is 0 Å². The number of hydrogen-bond donors (Lipinski definition) is 2. The zero-order chi connectivity index (χ0) is 13.1. The van der Waals surface area contributed by atoms with Gasteiger partial charge < -0.3 is 19.7 Å². The summed E-state index contributed by atoms with van der Waals surface area (Å²) >= 11 is 0. The number of cyclic esters (lactones) is 1. The molecule has 1 aliphatic rings. The summed E-state index contributed by atoms with van der Waals surface area (Å²) in [6, 6.07) is 3.53. The summed E-state index contributed by atoms with van der Waals surface area (Å²) in [6.45, 7) is -0.124. The van der Waals surface area contributed by atoms with E-state index >= 15 is 0 Å². The Morgan fingerprint density at radius 1 is 1.39 bits per heavy atom. The predicted molar refractivity (Wildman–Crippen MR) is 59.1 cm³/mol. The van der Waals surface area contributed by atoms with Crippen LogP contribution in [0.2, 0.25) is 0 Å². The lowest BCUT2D eigenvalue weighted by Gasteiger charge is -2.10. The first-order valence-electron chi connectivity index (χ1n) is 5.14. The van der Waals surface area contributed by atoms with Crippen LogP contribution in [0.3, 0.4) is 0 Å². The third kappa shape index (κ3) is 2.60. The third-order valence-electron chi connectivity index (χ3n) is 2.29. The number of carbonyl (C=O) groups excluding carboxylic acids is 2. The molecule has 0 bridgehead atoms. The molecule has 0 saturated carbocycles. The summed E-state index contributed by atoms with van der Waals surface area (Å²) in [4.78, 5) is 22.3. The molecule has 0 amide bonds. The molecule has 1 unspecified atom stereocenters. The molecule has 1 aromatic carbocycles. The van der Waals surface area contributed by atoms with Gasteiger partial charge in [-0.3, -0.25) is 0 Å². The van der Waals surface area contributed by atoms with E-state index in [-0.39, 0.29) is 23.7 Å². The molecule has 1 heterocycles. The van der Waals surface area contributed by atoms with Gasteiger partial charge in [-0.05, 0) is 18.2 Å². The molecule has 0 aromatic heterocycles. The van der Waals surface area contributed by atoms with Crippen LogP contribution in [0.4, 0.5) is 0 Å². The summed E-state index contributed by atoms with van der Waals surface area (Å²) in [5, 5.41) is 18.5. The van der Waals surface area contributed by atoms with E-state index in [1.54, 1.807) is 0 Å². The summed E-state index contributed by atoms with van der Waals surface area (Å²) in [7, 11) is 0. The molecule has 2 N–H and O–H groups in total. The van der Waals surface area contributed by atoms with Crippen LogP contribution in [0.25, 0.3) is 0 Å². The Morgan fingerprint density at radius 2 is 2.17 bits per heavy atom. The Bertz CT molecular complexity index is 519. The number of carbonyl (C=O) groups is 2. The monoisotopic (exact) mass is 250 g/mol. The average molecular weight is 250 g/mol. The topological polar surface area (TPSA) is 93.1 Å². The van der Waals surface area contributed by atoms with Crippen LogP contribution in [0, 0.1) is 0 Å². The molecule has 94 valence electrons. The van der Waals surface area contributed by atoms with Crippen molar-refractivity contribution in [1.29, 1.82) is 0 Å². The van der Waals surface area contributed by atoms with Gasteiger partial charge in [-0.1, -0.05) is 0 Å². The standard InChI is InChI=1S/C12H10O6/c13-7-1-3-9(10(14)5-7)12(16)17-6-8-2-4-11(15)18-8/h1-5,8,13-14H,6H2. The van der Waals surface area contributed by atoms with Gasteiger partial charge in [-0.25, -0.2) is 9.59 Å². The molecule has 0 fully saturated rings. The van der Waals surface area contributed by atoms with Crippen LogP contribution in [0.1, 0.15) is 10.4 Å². The van der Waals surface area contributed by atoms with E-state index < -0.39 is 18.0 Å². The van der Waals surface area contributed by atoms with E-state index in [9.17, 15) is 14.7 Å². The number of phenolic OH excluding ortho intramolecular Hbond substituents is 2. The van der Waals surface area contributed by atoms with E-state index in [0.717, 1.165) is 6.07 Å². The number of phenols is 2. The second-order valence-electron chi connectivity index (χ2n) is 3.63. The van der Waals surface area contributed by atoms with E-state index in [1.807, 2.05) is 0 Å². The first-order chi connectivity index (χ1) is 8.56. The number of esters is 2. The van der Waals surface area contributed by atoms with Crippen LogP contribution in [0.5, 0.6) is 11.5 Å². The van der Waals surface area contributed by atoms with Gasteiger partial charge in [0.25, 0.3) is 0 Å². The second-order valence-corrected chi connectivity index (χ2v) is 3.63. The van der Waals surface area contributed by atoms with Gasteiger partial charge in [0.15, 0.2) is 6.10 Å². The Morgan fingerprint density at radius 3 is 2.78 bits per heavy atom. The Labute approximate surface area is 102 Å². The van der Waals surface area contributed by atoms with Crippen molar-refractivity contribution in [3.63, 3.8) is 0 Å². The van der Waals surface area contributed by atoms with Crippen LogP contribution >= 0.6 is 0 Å². The molecule has 18 heavy (non-hydrogen) atoms. The van der Waals surface area contributed by atoms with Crippen molar-refractivity contribution in [2.45, 2.75) is 6.10 Å². The maximum atomic E-state index is 11.6. The first-order valence-corrected chi connectivity index (χ1v) is 5.14. The fourth-order valence-electron chi connectivity index (χ4n) is 1.43. The molecule has 2 rings (SSSR count). The lowest BCUT2D eigenvalue weighted by atomic mass is 10.2. The van der Waals surface area contributed by atoms with Crippen molar-refractivity contribution in [2.75, 3.05) is 6.61 Å². The minimum absolute atomic E-state index is 0.0684. The number of benzene rings is 1. The molecule has 6 heteroatoms. The van der Waals surface area contributed by atoms with Gasteiger partial charge in [-0.2, -0.15) is 0 Å². The molecule has 1 aliphatic heterocycles. The average Bonchev–Trinajstić information content (AvgIpc) is 2.72. The molecule has 1 aromatic rings. The second kappa shape index (κ2) is 4.79. The Kier molecular flexibility index (Phi) is 3.18. The summed E-state index contributed by atoms with van der Waals surface area (Å²) in [5.41, 5.74) is -0.0684. The number of hydrogen-bond acceptors (Lipinski definition) is 6. The minimum atomic E-state index is -0.760. The molecule has 0 aliphatic carbocycles. The van der Waals surface area contributed by atoms with Crippen molar-refractivity contribution < 1.29 is 29.3 Å². The number of ether oxygens (including phenoxy) is 2. The lowest BCUT2D eigenvalue weighted by Crippen LogP contribution is -2.18. The van der Waals surface area contributed by atoms with Crippen molar-refractivity contribution in [3.8, 4) is 11.5 Å². The summed E-state index contributed by atoms with van der Waals surface area (Å²) in [6.07, 6.45) is 2.13. The number of rotatable bonds is 3. The van der Waals surface area contributed by atoms with Crippen LogP contribution < -0.4 is 0 Å². The van der Waals surface area contributed by atoms with Crippen molar-refractivity contribution >= 4 is 11.9 Å². The molecule has 0 radical (unpaired) electrons. The largest absolute Gasteiger partial charge is 0.508 e. The molecular formula is C12H10O6. The van der Waals surface area contributed by atoms with Crippen molar-refractivity contribution in [2.24, 2.45) is 0 Å². The lowest BCUT2D eigenvalue weighted by molar-refractivity contribution is -0.140. The Hall–Kier alpha value is -2.50. The maximum absolute atomic E-state index is 11.6. The van der Waals surface area contributed by atoms with E-state index in [0.29, 0.717) is 0 Å². The van der Waals surface area contributed by atoms with Gasteiger partial charge >= 0.3 is 11.9 Å².